The Kier molecular flexibility index (Phi) is 4.93. The highest BCUT2D eigenvalue weighted by atomic mass is 19.2. The zero-order valence-corrected chi connectivity index (χ0v) is 13.0. The quantitative estimate of drug-likeness (QED) is 0.741. The van der Waals surface area contributed by atoms with Gasteiger partial charge in [0.25, 0.3) is 0 Å². The van der Waals surface area contributed by atoms with Crippen LogP contribution < -0.4 is 10.6 Å². The summed E-state index contributed by atoms with van der Waals surface area (Å²) in [6.45, 7) is 0.396. The highest BCUT2D eigenvalue weighted by Crippen LogP contribution is 2.13. The van der Waals surface area contributed by atoms with Crippen LogP contribution in [0.25, 0.3) is 5.69 Å². The van der Waals surface area contributed by atoms with Crippen molar-refractivity contribution in [2.24, 2.45) is 0 Å². The third kappa shape index (κ3) is 4.14. The molecule has 3 aromatic rings. The van der Waals surface area contributed by atoms with E-state index in [-0.39, 0.29) is 18.1 Å². The van der Waals surface area contributed by atoms with Crippen molar-refractivity contribution in [2.45, 2.75) is 13.1 Å². The Labute approximate surface area is 141 Å². The number of rotatable bonds is 5. The third-order valence-corrected chi connectivity index (χ3v) is 3.38. The molecule has 0 saturated carbocycles. The predicted molar refractivity (Wildman–Crippen MR) is 84.6 cm³/mol. The monoisotopic (exact) mass is 344 g/mol. The number of aromatic nitrogens is 4. The van der Waals surface area contributed by atoms with Gasteiger partial charge in [0.1, 0.15) is 0 Å². The SMILES string of the molecule is O=C(NCc1ccccc1)NCc1nnnn1-c1ccc(F)c(F)c1. The lowest BCUT2D eigenvalue weighted by atomic mass is 10.2. The standard InChI is InChI=1S/C16H14F2N6O/c17-13-7-6-12(8-14(13)18)24-15(21-22-23-24)10-20-16(25)19-9-11-4-2-1-3-5-11/h1-8H,9-10H2,(H2,19,20,25). The normalized spacial score (nSPS) is 10.5. The van der Waals surface area contributed by atoms with Crippen LogP contribution >= 0.6 is 0 Å². The number of urea groups is 1. The van der Waals surface area contributed by atoms with Gasteiger partial charge >= 0.3 is 6.03 Å². The molecular formula is C16H14F2N6O. The molecule has 0 atom stereocenters. The molecule has 3 rings (SSSR count). The molecule has 0 unspecified atom stereocenters. The smallest absolute Gasteiger partial charge is 0.315 e. The van der Waals surface area contributed by atoms with E-state index in [9.17, 15) is 13.6 Å². The van der Waals surface area contributed by atoms with Crippen LogP contribution in [-0.4, -0.2) is 26.2 Å². The number of hydrogen-bond donors (Lipinski definition) is 2. The number of hydrogen-bond acceptors (Lipinski definition) is 4. The highest BCUT2D eigenvalue weighted by molar-refractivity contribution is 5.73. The average Bonchev–Trinajstić information content (AvgIpc) is 3.10. The summed E-state index contributed by atoms with van der Waals surface area (Å²) in [5, 5.41) is 16.3. The molecule has 2 aromatic carbocycles. The average molecular weight is 344 g/mol. The summed E-state index contributed by atoms with van der Waals surface area (Å²) in [6, 6.07) is 12.3. The van der Waals surface area contributed by atoms with E-state index in [1.807, 2.05) is 30.3 Å². The Balaban J connectivity index is 1.59. The van der Waals surface area contributed by atoms with Crippen LogP contribution in [-0.2, 0) is 13.1 Å². The fourth-order valence-electron chi connectivity index (χ4n) is 2.13. The fourth-order valence-corrected chi connectivity index (χ4v) is 2.13. The molecule has 1 heterocycles. The van der Waals surface area contributed by atoms with Crippen molar-refractivity contribution in [3.63, 3.8) is 0 Å². The second-order valence-electron chi connectivity index (χ2n) is 5.13. The van der Waals surface area contributed by atoms with Gasteiger partial charge in [-0.3, -0.25) is 0 Å². The van der Waals surface area contributed by atoms with Gasteiger partial charge in [0.2, 0.25) is 0 Å². The molecule has 0 saturated heterocycles. The molecule has 0 aliphatic carbocycles. The largest absolute Gasteiger partial charge is 0.334 e. The molecule has 0 spiro atoms. The minimum atomic E-state index is -1.01. The molecule has 0 radical (unpaired) electrons. The van der Waals surface area contributed by atoms with Gasteiger partial charge in [-0.2, -0.15) is 4.68 Å². The Morgan fingerprint density at radius 2 is 1.76 bits per heavy atom. The number of halogens is 2. The molecule has 0 aliphatic rings. The van der Waals surface area contributed by atoms with Gasteiger partial charge in [0.05, 0.1) is 12.2 Å². The second kappa shape index (κ2) is 7.47. The van der Waals surface area contributed by atoms with Crippen molar-refractivity contribution in [1.82, 2.24) is 30.8 Å². The summed E-state index contributed by atoms with van der Waals surface area (Å²) < 4.78 is 27.6. The van der Waals surface area contributed by atoms with Crippen LogP contribution in [0.15, 0.2) is 48.5 Å². The summed E-state index contributed by atoms with van der Waals surface area (Å²) in [6.07, 6.45) is 0. The number of carbonyl (C=O) groups is 1. The van der Waals surface area contributed by atoms with E-state index in [1.165, 1.54) is 10.7 Å². The van der Waals surface area contributed by atoms with E-state index in [0.717, 1.165) is 17.7 Å². The summed E-state index contributed by atoms with van der Waals surface area (Å²) in [5.41, 5.74) is 1.22. The zero-order chi connectivity index (χ0) is 17.6. The molecular weight excluding hydrogens is 330 g/mol. The molecule has 9 heteroatoms. The first-order valence-electron chi connectivity index (χ1n) is 7.42. The minimum absolute atomic E-state index is 0.0205. The van der Waals surface area contributed by atoms with Crippen molar-refractivity contribution < 1.29 is 13.6 Å². The molecule has 0 aliphatic heterocycles. The maximum atomic E-state index is 13.3. The van der Waals surface area contributed by atoms with Crippen molar-refractivity contribution >= 4 is 6.03 Å². The summed E-state index contributed by atoms with van der Waals surface area (Å²) in [4.78, 5) is 11.8. The van der Waals surface area contributed by atoms with Crippen LogP contribution in [0.5, 0.6) is 0 Å². The maximum Gasteiger partial charge on any atom is 0.315 e. The van der Waals surface area contributed by atoms with Crippen LogP contribution in [0.4, 0.5) is 13.6 Å². The van der Waals surface area contributed by atoms with Gasteiger partial charge < -0.3 is 10.6 Å². The van der Waals surface area contributed by atoms with Gasteiger partial charge in [0, 0.05) is 12.6 Å². The fraction of sp³-hybridized carbons (Fsp3) is 0.125. The molecule has 0 fully saturated rings. The van der Waals surface area contributed by atoms with Crippen molar-refractivity contribution in [3.8, 4) is 5.69 Å². The number of amides is 2. The molecule has 7 nitrogen and oxygen atoms in total. The van der Waals surface area contributed by atoms with Gasteiger partial charge in [-0.1, -0.05) is 30.3 Å². The molecule has 1 aromatic heterocycles. The van der Waals surface area contributed by atoms with Gasteiger partial charge in [-0.25, -0.2) is 13.6 Å². The summed E-state index contributed by atoms with van der Waals surface area (Å²) in [5.74, 6) is -1.69. The maximum absolute atomic E-state index is 13.3. The van der Waals surface area contributed by atoms with Crippen LogP contribution in [0.3, 0.4) is 0 Å². The van der Waals surface area contributed by atoms with E-state index in [0.29, 0.717) is 6.54 Å². The number of benzene rings is 2. The lowest BCUT2D eigenvalue weighted by Gasteiger charge is -2.08. The van der Waals surface area contributed by atoms with Crippen LogP contribution in [0, 0.1) is 11.6 Å². The van der Waals surface area contributed by atoms with Crippen LogP contribution in [0.2, 0.25) is 0 Å². The minimum Gasteiger partial charge on any atom is -0.334 e. The Morgan fingerprint density at radius 3 is 2.52 bits per heavy atom. The number of nitrogens with one attached hydrogen (secondary N) is 2. The van der Waals surface area contributed by atoms with E-state index in [1.54, 1.807) is 0 Å². The van der Waals surface area contributed by atoms with Crippen molar-refractivity contribution in [1.29, 1.82) is 0 Å². The highest BCUT2D eigenvalue weighted by Gasteiger charge is 2.12. The van der Waals surface area contributed by atoms with E-state index in [4.69, 9.17) is 0 Å². The van der Waals surface area contributed by atoms with E-state index in [2.05, 4.69) is 26.2 Å². The van der Waals surface area contributed by atoms with E-state index < -0.39 is 17.7 Å². The number of nitrogens with zero attached hydrogens (tertiary/aromatic N) is 4. The molecule has 0 bridgehead atoms. The first kappa shape index (κ1) is 16.5. The molecule has 2 amide bonds. The third-order valence-electron chi connectivity index (χ3n) is 3.38. The Bertz CT molecular complexity index is 868. The van der Waals surface area contributed by atoms with Gasteiger partial charge in [0.15, 0.2) is 17.5 Å². The molecule has 2 N–H and O–H groups in total. The summed E-state index contributed by atoms with van der Waals surface area (Å²) in [7, 11) is 0. The summed E-state index contributed by atoms with van der Waals surface area (Å²) >= 11 is 0. The molecule has 128 valence electrons. The number of tetrazole rings is 1. The molecule has 25 heavy (non-hydrogen) atoms. The lowest BCUT2D eigenvalue weighted by molar-refractivity contribution is 0.240. The first-order valence-corrected chi connectivity index (χ1v) is 7.42. The lowest BCUT2D eigenvalue weighted by Crippen LogP contribution is -2.35. The van der Waals surface area contributed by atoms with E-state index >= 15 is 0 Å². The first-order chi connectivity index (χ1) is 12.1. The Morgan fingerprint density at radius 1 is 1.00 bits per heavy atom. The van der Waals surface area contributed by atoms with Gasteiger partial charge in [-0.15, -0.1) is 5.10 Å². The zero-order valence-electron chi connectivity index (χ0n) is 13.0. The number of carbonyl (C=O) groups excluding carboxylic acids is 1. The predicted octanol–water partition coefficient (Wildman–Crippen LogP) is 1.94. The second-order valence-corrected chi connectivity index (χ2v) is 5.13. The topological polar surface area (TPSA) is 84.7 Å². The van der Waals surface area contributed by atoms with Crippen LogP contribution in [0.1, 0.15) is 11.4 Å². The van der Waals surface area contributed by atoms with Crippen molar-refractivity contribution in [3.05, 3.63) is 71.6 Å². The van der Waals surface area contributed by atoms with Crippen molar-refractivity contribution in [2.75, 3.05) is 0 Å². The van der Waals surface area contributed by atoms with Gasteiger partial charge in [-0.05, 0) is 28.1 Å². The Hall–Kier alpha value is -3.36.